The molecular formula is C28H30Cl2FN3O4S. The van der Waals surface area contributed by atoms with Crippen molar-refractivity contribution in [1.29, 1.82) is 0 Å². The number of carbonyl (C=O) groups excluding carboxylic acids is 2. The van der Waals surface area contributed by atoms with Gasteiger partial charge in [0.2, 0.25) is 11.8 Å². The Bertz CT molecular complexity index is 1450. The summed E-state index contributed by atoms with van der Waals surface area (Å²) < 4.78 is 42.2. The quantitative estimate of drug-likeness (QED) is 0.347. The fourth-order valence-electron chi connectivity index (χ4n) is 3.76. The van der Waals surface area contributed by atoms with Gasteiger partial charge in [0.05, 0.1) is 15.6 Å². The average Bonchev–Trinajstić information content (AvgIpc) is 2.87. The van der Waals surface area contributed by atoms with Crippen LogP contribution < -0.4 is 9.62 Å². The van der Waals surface area contributed by atoms with E-state index in [1.165, 1.54) is 23.1 Å². The summed E-state index contributed by atoms with van der Waals surface area (Å²) in [5.74, 6) is -1.84. The molecule has 3 aromatic carbocycles. The zero-order chi connectivity index (χ0) is 29.0. The Morgan fingerprint density at radius 3 is 2.15 bits per heavy atom. The summed E-state index contributed by atoms with van der Waals surface area (Å²) in [6.07, 6.45) is 0. The number of carbonyl (C=O) groups is 2. The number of sulfonamides is 1. The van der Waals surface area contributed by atoms with Gasteiger partial charge in [-0.3, -0.25) is 13.9 Å². The number of hydrogen-bond donors (Lipinski definition) is 1. The molecular weight excluding hydrogens is 564 g/mol. The number of hydrogen-bond acceptors (Lipinski definition) is 4. The molecule has 0 spiro atoms. The van der Waals surface area contributed by atoms with Crippen LogP contribution in [0.3, 0.4) is 0 Å². The number of benzene rings is 3. The van der Waals surface area contributed by atoms with E-state index < -0.39 is 45.8 Å². The van der Waals surface area contributed by atoms with Crippen molar-refractivity contribution in [3.05, 3.63) is 94.2 Å². The summed E-state index contributed by atoms with van der Waals surface area (Å²) in [6, 6.07) is 16.8. The number of halogens is 3. The summed E-state index contributed by atoms with van der Waals surface area (Å²) in [6.45, 7) is 6.25. The molecule has 2 amide bonds. The largest absolute Gasteiger partial charge is 0.350 e. The Morgan fingerprint density at radius 2 is 1.56 bits per heavy atom. The van der Waals surface area contributed by atoms with Crippen LogP contribution in [0.15, 0.2) is 77.7 Å². The van der Waals surface area contributed by atoms with E-state index >= 15 is 0 Å². The third-order valence-corrected chi connectivity index (χ3v) is 8.21. The minimum absolute atomic E-state index is 0.0110. The van der Waals surface area contributed by atoms with Crippen LogP contribution in [-0.4, -0.2) is 43.3 Å². The molecule has 0 radical (unpaired) electrons. The molecule has 1 N–H and O–H groups in total. The van der Waals surface area contributed by atoms with Crippen molar-refractivity contribution in [3.8, 4) is 0 Å². The Morgan fingerprint density at radius 1 is 0.949 bits per heavy atom. The topological polar surface area (TPSA) is 86.8 Å². The van der Waals surface area contributed by atoms with Gasteiger partial charge < -0.3 is 10.2 Å². The summed E-state index contributed by atoms with van der Waals surface area (Å²) in [7, 11) is -4.29. The number of anilines is 1. The molecule has 3 rings (SSSR count). The standard InChI is InChI=1S/C28H30Cl2FN3O4S/c1-19(27(36)32-28(2,3)4)33(17-20-10-8-9-13-23(20)29)26(35)18-34(21-14-15-25(31)24(30)16-21)39(37,38)22-11-6-5-7-12-22/h5-16,19H,17-18H2,1-4H3,(H,32,36)/t19-/m1/s1. The molecule has 0 aliphatic carbocycles. The van der Waals surface area contributed by atoms with Crippen LogP contribution in [-0.2, 0) is 26.2 Å². The van der Waals surface area contributed by atoms with Crippen LogP contribution in [0.25, 0.3) is 0 Å². The Balaban J connectivity index is 2.06. The molecule has 0 unspecified atom stereocenters. The lowest BCUT2D eigenvalue weighted by atomic mass is 10.1. The van der Waals surface area contributed by atoms with Gasteiger partial charge in [-0.05, 0) is 69.7 Å². The van der Waals surface area contributed by atoms with Crippen molar-refractivity contribution in [2.75, 3.05) is 10.8 Å². The van der Waals surface area contributed by atoms with E-state index in [9.17, 15) is 22.4 Å². The number of amides is 2. The average molecular weight is 595 g/mol. The van der Waals surface area contributed by atoms with E-state index in [2.05, 4.69) is 5.32 Å². The first-order valence-corrected chi connectivity index (χ1v) is 14.3. The maximum Gasteiger partial charge on any atom is 0.264 e. The third kappa shape index (κ3) is 7.71. The lowest BCUT2D eigenvalue weighted by Crippen LogP contribution is -2.54. The van der Waals surface area contributed by atoms with Crippen molar-refractivity contribution in [2.24, 2.45) is 0 Å². The molecule has 0 aliphatic heterocycles. The van der Waals surface area contributed by atoms with Crippen molar-refractivity contribution >= 4 is 50.7 Å². The van der Waals surface area contributed by atoms with Crippen molar-refractivity contribution in [1.82, 2.24) is 10.2 Å². The first-order chi connectivity index (χ1) is 18.2. The fourth-order valence-corrected chi connectivity index (χ4v) is 5.55. The minimum atomic E-state index is -4.29. The Kier molecular flexibility index (Phi) is 9.64. The SMILES string of the molecule is C[C@H](C(=O)NC(C)(C)C)N(Cc1ccccc1Cl)C(=O)CN(c1ccc(F)c(Cl)c1)S(=O)(=O)c1ccccc1. The highest BCUT2D eigenvalue weighted by molar-refractivity contribution is 7.92. The van der Waals surface area contributed by atoms with E-state index in [0.717, 1.165) is 16.4 Å². The van der Waals surface area contributed by atoms with Crippen LogP contribution >= 0.6 is 23.2 Å². The van der Waals surface area contributed by atoms with Gasteiger partial charge in [0.1, 0.15) is 18.4 Å². The van der Waals surface area contributed by atoms with Crippen LogP contribution in [0.5, 0.6) is 0 Å². The van der Waals surface area contributed by atoms with Gasteiger partial charge in [-0.15, -0.1) is 0 Å². The lowest BCUT2D eigenvalue weighted by molar-refractivity contribution is -0.140. The van der Waals surface area contributed by atoms with Crippen molar-refractivity contribution in [3.63, 3.8) is 0 Å². The van der Waals surface area contributed by atoms with E-state index in [-0.39, 0.29) is 22.2 Å². The maximum atomic E-state index is 14.0. The molecule has 7 nitrogen and oxygen atoms in total. The summed E-state index contributed by atoms with van der Waals surface area (Å²) in [4.78, 5) is 28.2. The Hall–Kier alpha value is -3.14. The highest BCUT2D eigenvalue weighted by atomic mass is 35.5. The van der Waals surface area contributed by atoms with Crippen LogP contribution in [0, 0.1) is 5.82 Å². The molecule has 1 atom stereocenters. The van der Waals surface area contributed by atoms with Crippen molar-refractivity contribution < 1.29 is 22.4 Å². The molecule has 3 aromatic rings. The first-order valence-electron chi connectivity index (χ1n) is 12.1. The van der Waals surface area contributed by atoms with Crippen LogP contribution in [0.2, 0.25) is 10.0 Å². The fraction of sp³-hybridized carbons (Fsp3) is 0.286. The lowest BCUT2D eigenvalue weighted by Gasteiger charge is -2.33. The summed E-state index contributed by atoms with van der Waals surface area (Å²) in [5.41, 5.74) is -0.00818. The second-order valence-corrected chi connectivity index (χ2v) is 12.6. The summed E-state index contributed by atoms with van der Waals surface area (Å²) >= 11 is 12.3. The molecule has 0 fully saturated rings. The Labute approximate surface area is 238 Å². The molecule has 0 heterocycles. The zero-order valence-electron chi connectivity index (χ0n) is 22.0. The van der Waals surface area contributed by atoms with Gasteiger partial charge in [0.15, 0.2) is 0 Å². The van der Waals surface area contributed by atoms with E-state index in [1.54, 1.807) is 49.4 Å². The molecule has 11 heteroatoms. The normalized spacial score (nSPS) is 12.5. The van der Waals surface area contributed by atoms with Gasteiger partial charge >= 0.3 is 0 Å². The van der Waals surface area contributed by atoms with E-state index in [1.807, 2.05) is 20.8 Å². The molecule has 0 aromatic heterocycles. The van der Waals surface area contributed by atoms with Gasteiger partial charge in [0.25, 0.3) is 10.0 Å². The van der Waals surface area contributed by atoms with Gasteiger partial charge in [0, 0.05) is 17.1 Å². The highest BCUT2D eigenvalue weighted by Gasteiger charge is 2.33. The highest BCUT2D eigenvalue weighted by Crippen LogP contribution is 2.28. The molecule has 0 saturated carbocycles. The summed E-state index contributed by atoms with van der Waals surface area (Å²) in [5, 5.41) is 2.93. The second-order valence-electron chi connectivity index (χ2n) is 9.95. The second kappa shape index (κ2) is 12.4. The number of nitrogens with zero attached hydrogens (tertiary/aromatic N) is 2. The smallest absolute Gasteiger partial charge is 0.264 e. The molecule has 0 bridgehead atoms. The number of nitrogens with one attached hydrogen (secondary N) is 1. The zero-order valence-corrected chi connectivity index (χ0v) is 24.3. The van der Waals surface area contributed by atoms with Crippen molar-refractivity contribution in [2.45, 2.75) is 50.7 Å². The number of rotatable bonds is 9. The van der Waals surface area contributed by atoms with Gasteiger partial charge in [-0.2, -0.15) is 0 Å². The van der Waals surface area contributed by atoms with Gasteiger partial charge in [-0.1, -0.05) is 59.6 Å². The molecule has 208 valence electrons. The van der Waals surface area contributed by atoms with Crippen LogP contribution in [0.1, 0.15) is 33.3 Å². The first kappa shape index (κ1) is 30.4. The predicted octanol–water partition coefficient (Wildman–Crippen LogP) is 5.66. The minimum Gasteiger partial charge on any atom is -0.350 e. The van der Waals surface area contributed by atoms with E-state index in [4.69, 9.17) is 23.2 Å². The molecule has 39 heavy (non-hydrogen) atoms. The monoisotopic (exact) mass is 593 g/mol. The van der Waals surface area contributed by atoms with Crippen LogP contribution in [0.4, 0.5) is 10.1 Å². The molecule has 0 saturated heterocycles. The van der Waals surface area contributed by atoms with E-state index in [0.29, 0.717) is 10.6 Å². The maximum absolute atomic E-state index is 14.0. The van der Waals surface area contributed by atoms with Gasteiger partial charge in [-0.25, -0.2) is 12.8 Å². The molecule has 0 aliphatic rings. The predicted molar refractivity (Wildman–Crippen MR) is 152 cm³/mol. The third-order valence-electron chi connectivity index (χ3n) is 5.77.